The summed E-state index contributed by atoms with van der Waals surface area (Å²) >= 11 is 5.82. The molecule has 0 atom stereocenters. The average Bonchev–Trinajstić information content (AvgIpc) is 2.28. The van der Waals surface area contributed by atoms with Gasteiger partial charge in [-0.1, -0.05) is 23.7 Å². The number of carbonyl (C=O) groups excluding carboxylic acids is 1. The molecule has 0 fully saturated rings. The zero-order valence-corrected chi connectivity index (χ0v) is 9.96. The van der Waals surface area contributed by atoms with E-state index in [0.29, 0.717) is 16.1 Å². The number of rotatable bonds is 2. The van der Waals surface area contributed by atoms with E-state index in [1.165, 1.54) is 12.1 Å². The monoisotopic (exact) mass is 248 g/mol. The van der Waals surface area contributed by atoms with Crippen LogP contribution in [0.1, 0.15) is 15.9 Å². The van der Waals surface area contributed by atoms with Gasteiger partial charge in [-0.25, -0.2) is 4.39 Å². The molecule has 2 rings (SSSR count). The van der Waals surface area contributed by atoms with Crippen molar-refractivity contribution in [1.29, 1.82) is 0 Å². The van der Waals surface area contributed by atoms with Crippen LogP contribution in [-0.2, 0) is 0 Å². The summed E-state index contributed by atoms with van der Waals surface area (Å²) in [5.74, 6) is -0.386. The van der Waals surface area contributed by atoms with Crippen molar-refractivity contribution in [3.05, 3.63) is 58.4 Å². The summed E-state index contributed by atoms with van der Waals surface area (Å²) in [6, 6.07) is 9.63. The lowest BCUT2D eigenvalue weighted by Crippen LogP contribution is -1.88. The fourth-order valence-corrected chi connectivity index (χ4v) is 1.96. The summed E-state index contributed by atoms with van der Waals surface area (Å²) in [4.78, 5) is 10.7. The van der Waals surface area contributed by atoms with Gasteiger partial charge in [0.05, 0.1) is 0 Å². The molecule has 0 unspecified atom stereocenters. The van der Waals surface area contributed by atoms with Crippen molar-refractivity contribution in [3.8, 4) is 11.1 Å². The highest BCUT2D eigenvalue weighted by atomic mass is 35.5. The number of hydrogen-bond donors (Lipinski definition) is 0. The summed E-state index contributed by atoms with van der Waals surface area (Å²) in [5, 5.41) is 0.343. The molecule has 0 spiro atoms. The second kappa shape index (κ2) is 4.68. The van der Waals surface area contributed by atoms with E-state index in [9.17, 15) is 9.18 Å². The molecule has 0 saturated carbocycles. The van der Waals surface area contributed by atoms with Gasteiger partial charge >= 0.3 is 0 Å². The Morgan fingerprint density at radius 2 is 1.94 bits per heavy atom. The maximum atomic E-state index is 13.3. The van der Waals surface area contributed by atoms with Crippen LogP contribution in [0.15, 0.2) is 36.4 Å². The minimum atomic E-state index is -0.386. The van der Waals surface area contributed by atoms with Crippen LogP contribution >= 0.6 is 11.6 Å². The number of benzene rings is 2. The lowest BCUT2D eigenvalue weighted by atomic mass is 9.98. The van der Waals surface area contributed by atoms with Crippen LogP contribution in [0.5, 0.6) is 0 Å². The molecule has 1 nitrogen and oxygen atoms in total. The Morgan fingerprint density at radius 1 is 1.18 bits per heavy atom. The molecule has 0 aliphatic carbocycles. The number of aryl methyl sites for hydroxylation is 1. The third-order valence-electron chi connectivity index (χ3n) is 2.57. The molecule has 0 N–H and O–H groups in total. The van der Waals surface area contributed by atoms with Crippen molar-refractivity contribution in [3.63, 3.8) is 0 Å². The van der Waals surface area contributed by atoms with E-state index in [2.05, 4.69) is 0 Å². The average molecular weight is 249 g/mol. The smallest absolute Gasteiger partial charge is 0.150 e. The summed E-state index contributed by atoms with van der Waals surface area (Å²) in [6.45, 7) is 1.91. The first-order valence-electron chi connectivity index (χ1n) is 5.12. The van der Waals surface area contributed by atoms with Crippen molar-refractivity contribution in [2.45, 2.75) is 6.92 Å². The first kappa shape index (κ1) is 11.8. The van der Waals surface area contributed by atoms with E-state index in [1.54, 1.807) is 18.2 Å². The fraction of sp³-hybridized carbons (Fsp3) is 0.0714. The van der Waals surface area contributed by atoms with Gasteiger partial charge < -0.3 is 0 Å². The number of aldehydes is 1. The highest BCUT2D eigenvalue weighted by Crippen LogP contribution is 2.27. The number of carbonyl (C=O) groups is 1. The predicted molar refractivity (Wildman–Crippen MR) is 67.0 cm³/mol. The van der Waals surface area contributed by atoms with Crippen LogP contribution < -0.4 is 0 Å². The Labute approximate surface area is 104 Å². The largest absolute Gasteiger partial charge is 0.298 e. The first-order chi connectivity index (χ1) is 8.10. The third kappa shape index (κ3) is 2.53. The lowest BCUT2D eigenvalue weighted by molar-refractivity contribution is 0.112. The molecule has 0 aromatic heterocycles. The third-order valence-corrected chi connectivity index (χ3v) is 2.79. The van der Waals surface area contributed by atoms with E-state index in [1.807, 2.05) is 13.0 Å². The topological polar surface area (TPSA) is 17.1 Å². The highest BCUT2D eigenvalue weighted by Gasteiger charge is 2.06. The van der Waals surface area contributed by atoms with Crippen molar-refractivity contribution >= 4 is 17.9 Å². The fourth-order valence-electron chi connectivity index (χ4n) is 1.73. The first-order valence-corrected chi connectivity index (χ1v) is 5.50. The van der Waals surface area contributed by atoms with Gasteiger partial charge in [-0.2, -0.15) is 0 Å². The van der Waals surface area contributed by atoms with Gasteiger partial charge in [-0.05, 0) is 47.9 Å². The van der Waals surface area contributed by atoms with Crippen LogP contribution in [0.4, 0.5) is 4.39 Å². The quantitative estimate of drug-likeness (QED) is 0.726. The Morgan fingerprint density at radius 3 is 2.59 bits per heavy atom. The molecular formula is C14H10ClFO. The normalized spacial score (nSPS) is 10.3. The molecule has 2 aromatic rings. The second-order valence-electron chi connectivity index (χ2n) is 3.85. The standard InChI is InChI=1S/C14H10ClFO/c1-9-2-3-10(8-17)4-14(9)11-5-12(15)7-13(16)6-11/h2-8H,1H3. The van der Waals surface area contributed by atoms with Gasteiger partial charge in [-0.3, -0.25) is 4.79 Å². The molecular weight excluding hydrogens is 239 g/mol. The van der Waals surface area contributed by atoms with Crippen molar-refractivity contribution in [2.75, 3.05) is 0 Å². The molecule has 0 radical (unpaired) electrons. The van der Waals surface area contributed by atoms with Crippen LogP contribution in [0.3, 0.4) is 0 Å². The van der Waals surface area contributed by atoms with Gasteiger partial charge in [-0.15, -0.1) is 0 Å². The van der Waals surface area contributed by atoms with E-state index in [4.69, 9.17) is 11.6 Å². The van der Waals surface area contributed by atoms with E-state index >= 15 is 0 Å². The minimum Gasteiger partial charge on any atom is -0.298 e. The van der Waals surface area contributed by atoms with Gasteiger partial charge in [0.15, 0.2) is 0 Å². The predicted octanol–water partition coefficient (Wildman–Crippen LogP) is 4.27. The molecule has 2 aromatic carbocycles. The Bertz CT molecular complexity index is 558. The lowest BCUT2D eigenvalue weighted by Gasteiger charge is -2.07. The zero-order valence-electron chi connectivity index (χ0n) is 9.21. The van der Waals surface area contributed by atoms with Crippen molar-refractivity contribution in [2.24, 2.45) is 0 Å². The van der Waals surface area contributed by atoms with Crippen LogP contribution in [-0.4, -0.2) is 6.29 Å². The molecule has 0 bridgehead atoms. The molecule has 0 heterocycles. The molecule has 0 amide bonds. The van der Waals surface area contributed by atoms with E-state index < -0.39 is 0 Å². The van der Waals surface area contributed by atoms with Gasteiger partial charge in [0.1, 0.15) is 12.1 Å². The molecule has 86 valence electrons. The van der Waals surface area contributed by atoms with Crippen molar-refractivity contribution in [1.82, 2.24) is 0 Å². The molecule has 17 heavy (non-hydrogen) atoms. The Hall–Kier alpha value is -1.67. The van der Waals surface area contributed by atoms with Crippen LogP contribution in [0.25, 0.3) is 11.1 Å². The highest BCUT2D eigenvalue weighted by molar-refractivity contribution is 6.30. The summed E-state index contributed by atoms with van der Waals surface area (Å²) in [7, 11) is 0. The summed E-state index contributed by atoms with van der Waals surface area (Å²) in [6.07, 6.45) is 0.768. The van der Waals surface area contributed by atoms with Crippen molar-refractivity contribution < 1.29 is 9.18 Å². The molecule has 0 aliphatic rings. The maximum Gasteiger partial charge on any atom is 0.150 e. The number of halogens is 2. The van der Waals surface area contributed by atoms with Gasteiger partial charge in [0.25, 0.3) is 0 Å². The Kier molecular flexibility index (Phi) is 3.25. The van der Waals surface area contributed by atoms with E-state index in [-0.39, 0.29) is 5.82 Å². The van der Waals surface area contributed by atoms with Gasteiger partial charge in [0.2, 0.25) is 0 Å². The van der Waals surface area contributed by atoms with Crippen LogP contribution in [0, 0.1) is 12.7 Å². The molecule has 0 aliphatic heterocycles. The summed E-state index contributed by atoms with van der Waals surface area (Å²) < 4.78 is 13.3. The molecule has 0 saturated heterocycles. The van der Waals surface area contributed by atoms with Gasteiger partial charge in [0, 0.05) is 10.6 Å². The number of hydrogen-bond acceptors (Lipinski definition) is 1. The SMILES string of the molecule is Cc1ccc(C=O)cc1-c1cc(F)cc(Cl)c1. The molecule has 3 heteroatoms. The second-order valence-corrected chi connectivity index (χ2v) is 4.29. The Balaban J connectivity index is 2.62. The maximum absolute atomic E-state index is 13.3. The minimum absolute atomic E-state index is 0.343. The zero-order chi connectivity index (χ0) is 12.4. The summed E-state index contributed by atoms with van der Waals surface area (Å²) in [5.41, 5.74) is 3.02. The van der Waals surface area contributed by atoms with Crippen LogP contribution in [0.2, 0.25) is 5.02 Å². The van der Waals surface area contributed by atoms with E-state index in [0.717, 1.165) is 17.4 Å².